The Morgan fingerprint density at radius 1 is 0.967 bits per heavy atom. The lowest BCUT2D eigenvalue weighted by Gasteiger charge is -2.08. The van der Waals surface area contributed by atoms with Gasteiger partial charge >= 0.3 is 0 Å². The molecule has 0 unspecified atom stereocenters. The second kappa shape index (κ2) is 8.25. The normalized spacial score (nSPS) is 11.2. The second-order valence-electron chi connectivity index (χ2n) is 6.44. The second-order valence-corrected chi connectivity index (χ2v) is 8.16. The maximum absolute atomic E-state index is 12.3. The van der Waals surface area contributed by atoms with Crippen LogP contribution in [0.2, 0.25) is 0 Å². The number of benzene rings is 1. The average molecular weight is 422 g/mol. The molecule has 0 radical (unpaired) electrons. The van der Waals surface area contributed by atoms with Gasteiger partial charge in [-0.3, -0.25) is 9.40 Å². The summed E-state index contributed by atoms with van der Waals surface area (Å²) in [6.07, 6.45) is 8.08. The highest BCUT2D eigenvalue weighted by Crippen LogP contribution is 2.19. The van der Waals surface area contributed by atoms with E-state index in [2.05, 4.69) is 35.1 Å². The molecule has 3 heterocycles. The molecule has 0 spiro atoms. The van der Waals surface area contributed by atoms with E-state index in [1.54, 1.807) is 53.6 Å². The SMILES string of the molecule is Cn1cc(Nc2nccc(-c3cnc(NS(=O)(=O)Cc4ccccc4)nc3)n2)cn1. The van der Waals surface area contributed by atoms with Crippen LogP contribution in [0.5, 0.6) is 0 Å². The molecule has 0 aliphatic rings. The van der Waals surface area contributed by atoms with E-state index in [0.717, 1.165) is 5.69 Å². The quantitative estimate of drug-likeness (QED) is 0.465. The molecule has 0 aliphatic carbocycles. The van der Waals surface area contributed by atoms with Crippen molar-refractivity contribution in [3.63, 3.8) is 0 Å². The first-order chi connectivity index (χ1) is 14.5. The van der Waals surface area contributed by atoms with Crippen LogP contribution in [0, 0.1) is 0 Å². The third-order valence-electron chi connectivity index (χ3n) is 4.01. The van der Waals surface area contributed by atoms with E-state index in [1.807, 2.05) is 13.1 Å². The van der Waals surface area contributed by atoms with Gasteiger partial charge in [-0.05, 0) is 11.6 Å². The van der Waals surface area contributed by atoms with Crippen molar-refractivity contribution in [1.29, 1.82) is 0 Å². The maximum atomic E-state index is 12.3. The number of hydrogen-bond acceptors (Lipinski definition) is 8. The standard InChI is InChI=1S/C19H18N8O2S/c1-27-12-16(11-23-27)24-19-20-8-7-17(25-19)15-9-21-18(22-10-15)26-30(28,29)13-14-5-3-2-4-6-14/h2-12H,13H2,1H3,(H,20,24,25)(H,21,22,26). The van der Waals surface area contributed by atoms with Crippen LogP contribution in [-0.2, 0) is 22.8 Å². The van der Waals surface area contributed by atoms with Gasteiger partial charge < -0.3 is 5.32 Å². The van der Waals surface area contributed by atoms with Gasteiger partial charge in [0, 0.05) is 37.4 Å². The van der Waals surface area contributed by atoms with Crippen molar-refractivity contribution in [1.82, 2.24) is 29.7 Å². The van der Waals surface area contributed by atoms with Crippen molar-refractivity contribution in [2.75, 3.05) is 10.0 Å². The van der Waals surface area contributed by atoms with Crippen LogP contribution < -0.4 is 10.0 Å². The summed E-state index contributed by atoms with van der Waals surface area (Å²) >= 11 is 0. The highest BCUT2D eigenvalue weighted by atomic mass is 32.2. The van der Waals surface area contributed by atoms with E-state index >= 15 is 0 Å². The van der Waals surface area contributed by atoms with Gasteiger partial charge in [0.25, 0.3) is 0 Å². The van der Waals surface area contributed by atoms with Gasteiger partial charge in [0.2, 0.25) is 21.9 Å². The number of sulfonamides is 1. The molecule has 4 aromatic rings. The Kier molecular flexibility index (Phi) is 5.35. The fraction of sp³-hybridized carbons (Fsp3) is 0.105. The van der Waals surface area contributed by atoms with Crippen molar-refractivity contribution in [2.24, 2.45) is 7.05 Å². The van der Waals surface area contributed by atoms with E-state index in [0.29, 0.717) is 22.8 Å². The highest BCUT2D eigenvalue weighted by Gasteiger charge is 2.13. The van der Waals surface area contributed by atoms with Crippen LogP contribution >= 0.6 is 0 Å². The summed E-state index contributed by atoms with van der Waals surface area (Å²) in [7, 11) is -1.81. The van der Waals surface area contributed by atoms with Gasteiger partial charge in [0.15, 0.2) is 0 Å². The Hall–Kier alpha value is -3.86. The third-order valence-corrected chi connectivity index (χ3v) is 5.22. The first kappa shape index (κ1) is 19.5. The molecule has 152 valence electrons. The van der Waals surface area contributed by atoms with E-state index in [1.165, 1.54) is 12.4 Å². The zero-order valence-corrected chi connectivity index (χ0v) is 16.8. The van der Waals surface area contributed by atoms with Crippen LogP contribution in [0.25, 0.3) is 11.3 Å². The zero-order valence-electron chi connectivity index (χ0n) is 16.0. The number of aryl methyl sites for hydroxylation is 1. The molecule has 2 N–H and O–H groups in total. The van der Waals surface area contributed by atoms with Gasteiger partial charge in [-0.25, -0.2) is 28.4 Å². The third kappa shape index (κ3) is 4.94. The van der Waals surface area contributed by atoms with Crippen molar-refractivity contribution in [2.45, 2.75) is 5.75 Å². The Balaban J connectivity index is 1.46. The Morgan fingerprint density at radius 2 is 1.73 bits per heavy atom. The van der Waals surface area contributed by atoms with Gasteiger partial charge in [0.1, 0.15) is 0 Å². The lowest BCUT2D eigenvalue weighted by Crippen LogP contribution is -2.16. The summed E-state index contributed by atoms with van der Waals surface area (Å²) in [6.45, 7) is 0. The fourth-order valence-corrected chi connectivity index (χ4v) is 3.76. The number of nitrogens with zero attached hydrogens (tertiary/aromatic N) is 6. The van der Waals surface area contributed by atoms with E-state index < -0.39 is 10.0 Å². The van der Waals surface area contributed by atoms with E-state index in [4.69, 9.17) is 0 Å². The lowest BCUT2D eigenvalue weighted by atomic mass is 10.2. The zero-order chi connectivity index (χ0) is 21.0. The molecule has 3 aromatic heterocycles. The number of anilines is 3. The molecule has 1 aromatic carbocycles. The van der Waals surface area contributed by atoms with Crippen LogP contribution in [0.15, 0.2) is 67.4 Å². The van der Waals surface area contributed by atoms with Crippen molar-refractivity contribution in [3.05, 3.63) is 72.9 Å². The molecule has 4 rings (SSSR count). The van der Waals surface area contributed by atoms with Crippen LogP contribution in [-0.4, -0.2) is 38.1 Å². The van der Waals surface area contributed by atoms with Gasteiger partial charge in [0.05, 0.1) is 23.3 Å². The fourth-order valence-electron chi connectivity index (χ4n) is 2.68. The van der Waals surface area contributed by atoms with Crippen molar-refractivity contribution >= 4 is 27.6 Å². The minimum Gasteiger partial charge on any atom is -0.321 e. The molecule has 0 saturated heterocycles. The molecule has 30 heavy (non-hydrogen) atoms. The minimum absolute atomic E-state index is 0.00237. The molecule has 11 heteroatoms. The van der Waals surface area contributed by atoms with Gasteiger partial charge in [-0.1, -0.05) is 30.3 Å². The molecule has 0 fully saturated rings. The minimum atomic E-state index is -3.62. The summed E-state index contributed by atoms with van der Waals surface area (Å²) in [6, 6.07) is 10.6. The Labute approximate surface area is 173 Å². The van der Waals surface area contributed by atoms with Gasteiger partial charge in [-0.15, -0.1) is 0 Å². The van der Waals surface area contributed by atoms with Crippen LogP contribution in [0.4, 0.5) is 17.6 Å². The van der Waals surface area contributed by atoms with E-state index in [9.17, 15) is 8.42 Å². The maximum Gasteiger partial charge on any atom is 0.239 e. The van der Waals surface area contributed by atoms with E-state index in [-0.39, 0.29) is 11.7 Å². The molecule has 0 bridgehead atoms. The molecule has 10 nitrogen and oxygen atoms in total. The molecule has 0 saturated carbocycles. The van der Waals surface area contributed by atoms with Gasteiger partial charge in [-0.2, -0.15) is 5.10 Å². The predicted molar refractivity (Wildman–Crippen MR) is 112 cm³/mol. The first-order valence-electron chi connectivity index (χ1n) is 8.92. The van der Waals surface area contributed by atoms with Crippen LogP contribution in [0.3, 0.4) is 0 Å². The number of aromatic nitrogens is 6. The smallest absolute Gasteiger partial charge is 0.239 e. The molecule has 0 amide bonds. The molecular formula is C19H18N8O2S. The molecule has 0 aliphatic heterocycles. The molecular weight excluding hydrogens is 404 g/mol. The Morgan fingerprint density at radius 3 is 2.43 bits per heavy atom. The monoisotopic (exact) mass is 422 g/mol. The summed E-state index contributed by atoms with van der Waals surface area (Å²) in [5.41, 5.74) is 2.65. The topological polar surface area (TPSA) is 128 Å². The largest absolute Gasteiger partial charge is 0.321 e. The summed E-state index contributed by atoms with van der Waals surface area (Å²) in [4.78, 5) is 16.8. The lowest BCUT2D eigenvalue weighted by molar-refractivity contribution is 0.600. The van der Waals surface area contributed by atoms with Crippen molar-refractivity contribution < 1.29 is 8.42 Å². The van der Waals surface area contributed by atoms with Crippen LogP contribution in [0.1, 0.15) is 5.56 Å². The first-order valence-corrected chi connectivity index (χ1v) is 10.6. The van der Waals surface area contributed by atoms with Crippen molar-refractivity contribution in [3.8, 4) is 11.3 Å². The average Bonchev–Trinajstić information content (AvgIpc) is 3.13. The number of nitrogens with one attached hydrogen (secondary N) is 2. The summed E-state index contributed by atoms with van der Waals surface area (Å²) in [5.74, 6) is 0.236. The summed E-state index contributed by atoms with van der Waals surface area (Å²) < 4.78 is 28.7. The molecule has 0 atom stereocenters. The predicted octanol–water partition coefficient (Wildman–Crippen LogP) is 2.35. The highest BCUT2D eigenvalue weighted by molar-refractivity contribution is 7.91. The number of rotatable bonds is 7. The Bertz CT molecular complexity index is 1240. The number of hydrogen-bond donors (Lipinski definition) is 2. The summed E-state index contributed by atoms with van der Waals surface area (Å²) in [5, 5.41) is 7.14.